The van der Waals surface area contributed by atoms with E-state index in [1.165, 1.54) is 6.42 Å². The number of amides is 1. The first-order chi connectivity index (χ1) is 11.7. The number of nitrogens with zero attached hydrogens (tertiary/aromatic N) is 4. The third-order valence-corrected chi connectivity index (χ3v) is 5.70. The number of rotatable bonds is 2. The molecule has 2 unspecified atom stereocenters. The molecular weight excluding hydrogens is 304 g/mol. The quantitative estimate of drug-likeness (QED) is 0.920. The Balaban J connectivity index is 1.94. The Morgan fingerprint density at radius 2 is 1.96 bits per heavy atom. The minimum Gasteiger partial charge on any atom is -0.465 e. The average Bonchev–Trinajstić information content (AvgIpc) is 3.17. The molecule has 3 heterocycles. The molecule has 0 spiro atoms. The molecule has 2 fully saturated rings. The molecule has 24 heavy (non-hydrogen) atoms. The van der Waals surface area contributed by atoms with Crippen molar-refractivity contribution in [1.82, 2.24) is 19.4 Å². The molecule has 1 amide bonds. The van der Waals surface area contributed by atoms with Gasteiger partial charge in [-0.3, -0.25) is 14.4 Å². The van der Waals surface area contributed by atoms with E-state index in [-0.39, 0.29) is 5.92 Å². The molecule has 2 atom stereocenters. The summed E-state index contributed by atoms with van der Waals surface area (Å²) >= 11 is 0. The summed E-state index contributed by atoms with van der Waals surface area (Å²) in [7, 11) is 0. The van der Waals surface area contributed by atoms with Gasteiger partial charge < -0.3 is 5.11 Å². The molecule has 0 radical (unpaired) electrons. The van der Waals surface area contributed by atoms with Gasteiger partial charge in [0, 0.05) is 25.6 Å². The van der Waals surface area contributed by atoms with Gasteiger partial charge in [0.05, 0.1) is 17.4 Å². The van der Waals surface area contributed by atoms with Crippen molar-refractivity contribution in [1.29, 1.82) is 0 Å². The molecule has 128 valence electrons. The molecule has 1 aromatic heterocycles. The van der Waals surface area contributed by atoms with Crippen LogP contribution in [0.25, 0.3) is 11.0 Å². The lowest BCUT2D eigenvalue weighted by molar-refractivity contribution is -0.113. The second-order valence-electron chi connectivity index (χ2n) is 6.96. The zero-order chi connectivity index (χ0) is 16.7. The van der Waals surface area contributed by atoms with E-state index in [4.69, 9.17) is 0 Å². The lowest BCUT2D eigenvalue weighted by atomic mass is 9.97. The van der Waals surface area contributed by atoms with Crippen LogP contribution in [0, 0.1) is 5.92 Å². The molecule has 6 nitrogen and oxygen atoms in total. The van der Waals surface area contributed by atoms with Crippen molar-refractivity contribution in [2.45, 2.75) is 38.4 Å². The largest absolute Gasteiger partial charge is 0.465 e. The second-order valence-corrected chi connectivity index (χ2v) is 6.96. The Labute approximate surface area is 141 Å². The number of carbonyl (C=O) groups is 1. The first kappa shape index (κ1) is 15.4. The van der Waals surface area contributed by atoms with Crippen LogP contribution in [0.5, 0.6) is 0 Å². The summed E-state index contributed by atoms with van der Waals surface area (Å²) in [6.45, 7) is 4.60. The monoisotopic (exact) mass is 328 g/mol. The summed E-state index contributed by atoms with van der Waals surface area (Å²) in [5.74, 6) is -0.452. The van der Waals surface area contributed by atoms with Crippen LogP contribution in [0.3, 0.4) is 0 Å². The SMILES string of the molecule is CC1CCN(C(=O)O)C1(N1CCCCC1)n1cnc2ccccc21. The predicted molar refractivity (Wildman–Crippen MR) is 91.6 cm³/mol. The Bertz CT molecular complexity index is 752. The van der Waals surface area contributed by atoms with Crippen LogP contribution in [-0.4, -0.2) is 50.2 Å². The van der Waals surface area contributed by atoms with Crippen LogP contribution >= 0.6 is 0 Å². The zero-order valence-corrected chi connectivity index (χ0v) is 14.1. The highest BCUT2D eigenvalue weighted by molar-refractivity contribution is 5.76. The maximum Gasteiger partial charge on any atom is 0.410 e. The Morgan fingerprint density at radius 1 is 1.21 bits per heavy atom. The molecule has 2 aliphatic heterocycles. The number of carboxylic acid groups (broad SMARTS) is 1. The molecule has 2 aromatic rings. The number of aromatic nitrogens is 2. The van der Waals surface area contributed by atoms with Gasteiger partial charge in [-0.15, -0.1) is 0 Å². The Hall–Kier alpha value is -2.08. The van der Waals surface area contributed by atoms with Gasteiger partial charge in [0.1, 0.15) is 0 Å². The van der Waals surface area contributed by atoms with Crippen molar-refractivity contribution in [3.8, 4) is 0 Å². The zero-order valence-electron chi connectivity index (χ0n) is 14.1. The molecule has 1 aromatic carbocycles. The summed E-state index contributed by atoms with van der Waals surface area (Å²) in [6, 6.07) is 8.00. The number of hydrogen-bond acceptors (Lipinski definition) is 3. The number of para-hydroxylation sites is 2. The summed E-state index contributed by atoms with van der Waals surface area (Å²) in [5.41, 5.74) is 1.92. The molecule has 0 saturated carbocycles. The van der Waals surface area contributed by atoms with Crippen molar-refractivity contribution in [3.05, 3.63) is 30.6 Å². The van der Waals surface area contributed by atoms with Crippen molar-refractivity contribution in [3.63, 3.8) is 0 Å². The van der Waals surface area contributed by atoms with Gasteiger partial charge in [0.2, 0.25) is 0 Å². The molecule has 6 heteroatoms. The molecule has 1 N–H and O–H groups in total. The molecule has 4 rings (SSSR count). The van der Waals surface area contributed by atoms with Gasteiger partial charge >= 0.3 is 6.09 Å². The third-order valence-electron chi connectivity index (χ3n) is 5.70. The van der Waals surface area contributed by atoms with E-state index in [0.29, 0.717) is 6.54 Å². The maximum atomic E-state index is 12.1. The number of likely N-dealkylation sites (tertiary alicyclic amines) is 2. The average molecular weight is 328 g/mol. The van der Waals surface area contributed by atoms with E-state index in [1.807, 2.05) is 30.6 Å². The van der Waals surface area contributed by atoms with Crippen LogP contribution in [-0.2, 0) is 5.79 Å². The van der Waals surface area contributed by atoms with E-state index in [1.54, 1.807) is 4.90 Å². The molecule has 2 saturated heterocycles. The molecule has 0 bridgehead atoms. The van der Waals surface area contributed by atoms with Gasteiger partial charge in [-0.2, -0.15) is 0 Å². The minimum absolute atomic E-state index is 0.212. The van der Waals surface area contributed by atoms with Crippen molar-refractivity contribution in [2.24, 2.45) is 5.92 Å². The lowest BCUT2D eigenvalue weighted by Crippen LogP contribution is -2.63. The van der Waals surface area contributed by atoms with Crippen molar-refractivity contribution in [2.75, 3.05) is 19.6 Å². The fourth-order valence-corrected chi connectivity index (χ4v) is 4.63. The van der Waals surface area contributed by atoms with Crippen LogP contribution in [0.1, 0.15) is 32.6 Å². The Morgan fingerprint density at radius 3 is 2.71 bits per heavy atom. The van der Waals surface area contributed by atoms with E-state index in [2.05, 4.69) is 21.4 Å². The van der Waals surface area contributed by atoms with Crippen molar-refractivity contribution >= 4 is 17.1 Å². The fraction of sp³-hybridized carbons (Fsp3) is 0.556. The van der Waals surface area contributed by atoms with E-state index in [9.17, 15) is 9.90 Å². The van der Waals surface area contributed by atoms with Gasteiger partial charge in [0.25, 0.3) is 0 Å². The fourth-order valence-electron chi connectivity index (χ4n) is 4.63. The Kier molecular flexibility index (Phi) is 3.72. The first-order valence-electron chi connectivity index (χ1n) is 8.84. The standard InChI is InChI=1S/C18H24N4O2/c1-14-9-12-21(17(23)24)18(14,20-10-5-2-6-11-20)22-13-19-15-7-3-4-8-16(15)22/h3-4,7-8,13-14H,2,5-6,9-12H2,1H3,(H,23,24). The number of benzene rings is 1. The molecule has 2 aliphatic rings. The normalized spacial score (nSPS) is 28.5. The highest BCUT2D eigenvalue weighted by atomic mass is 16.4. The lowest BCUT2D eigenvalue weighted by Gasteiger charge is -2.50. The second kappa shape index (κ2) is 5.77. The van der Waals surface area contributed by atoms with Crippen LogP contribution in [0.15, 0.2) is 30.6 Å². The van der Waals surface area contributed by atoms with Gasteiger partial charge in [-0.25, -0.2) is 9.78 Å². The topological polar surface area (TPSA) is 61.6 Å². The van der Waals surface area contributed by atoms with Gasteiger partial charge in [-0.1, -0.05) is 25.5 Å². The van der Waals surface area contributed by atoms with Crippen LogP contribution in [0.2, 0.25) is 0 Å². The maximum absolute atomic E-state index is 12.1. The number of hydrogen-bond donors (Lipinski definition) is 1. The number of fused-ring (bicyclic) bond motifs is 1. The van der Waals surface area contributed by atoms with Gasteiger partial charge in [0.15, 0.2) is 5.79 Å². The van der Waals surface area contributed by atoms with Crippen LogP contribution in [0.4, 0.5) is 4.79 Å². The third kappa shape index (κ3) is 2.05. The summed E-state index contributed by atoms with van der Waals surface area (Å²) in [6.07, 6.45) is 5.32. The smallest absolute Gasteiger partial charge is 0.410 e. The number of piperidine rings is 1. The highest BCUT2D eigenvalue weighted by Gasteiger charge is 2.55. The highest BCUT2D eigenvalue weighted by Crippen LogP contribution is 2.44. The molecular formula is C18H24N4O2. The van der Waals surface area contributed by atoms with Crippen LogP contribution < -0.4 is 0 Å². The first-order valence-corrected chi connectivity index (χ1v) is 8.84. The van der Waals surface area contributed by atoms with E-state index < -0.39 is 11.9 Å². The van der Waals surface area contributed by atoms with E-state index >= 15 is 0 Å². The van der Waals surface area contributed by atoms with Crippen molar-refractivity contribution < 1.29 is 9.90 Å². The summed E-state index contributed by atoms with van der Waals surface area (Å²) in [4.78, 5) is 20.7. The summed E-state index contributed by atoms with van der Waals surface area (Å²) in [5, 5.41) is 9.93. The number of imidazole rings is 1. The predicted octanol–water partition coefficient (Wildman–Crippen LogP) is 3.15. The minimum atomic E-state index is -0.845. The van der Waals surface area contributed by atoms with Gasteiger partial charge in [-0.05, 0) is 31.4 Å². The molecule has 0 aliphatic carbocycles. The summed E-state index contributed by atoms with van der Waals surface area (Å²) < 4.78 is 2.11. The van der Waals surface area contributed by atoms with E-state index in [0.717, 1.165) is 43.4 Å².